The number of hydrogen-bond donors (Lipinski definition) is 2. The van der Waals surface area contributed by atoms with Crippen molar-refractivity contribution in [3.05, 3.63) is 46.8 Å². The number of aromatic amines is 1. The average molecular weight is 344 g/mol. The molecule has 7 heteroatoms. The lowest BCUT2D eigenvalue weighted by atomic mass is 10.1. The molecule has 2 N–H and O–H groups in total. The Balaban J connectivity index is 1.75. The van der Waals surface area contributed by atoms with E-state index < -0.39 is 6.04 Å². The third kappa shape index (κ3) is 3.31. The van der Waals surface area contributed by atoms with Gasteiger partial charge in [0.25, 0.3) is 5.91 Å². The lowest BCUT2D eigenvalue weighted by molar-refractivity contribution is -0.119. The number of aryl methyl sites for hydroxylation is 3. The van der Waals surface area contributed by atoms with Gasteiger partial charge in [0, 0.05) is 17.1 Å². The number of aromatic nitrogens is 2. The number of nitrogens with zero attached hydrogens (tertiary/aromatic N) is 2. The first-order valence-electron chi connectivity index (χ1n) is 7.74. The van der Waals surface area contributed by atoms with Crippen LogP contribution in [0.4, 0.5) is 5.69 Å². The number of hydrogen-bond acceptors (Lipinski definition) is 4. The van der Waals surface area contributed by atoms with Crippen LogP contribution < -0.4 is 5.32 Å². The average Bonchev–Trinajstić information content (AvgIpc) is 3.18. The smallest absolute Gasteiger partial charge is 0.275 e. The van der Waals surface area contributed by atoms with Crippen LogP contribution in [0.15, 0.2) is 24.3 Å². The summed E-state index contributed by atoms with van der Waals surface area (Å²) in [6, 6.07) is 7.09. The van der Waals surface area contributed by atoms with E-state index in [2.05, 4.69) is 15.5 Å². The van der Waals surface area contributed by atoms with Crippen LogP contribution in [0.25, 0.3) is 0 Å². The summed E-state index contributed by atoms with van der Waals surface area (Å²) >= 11 is 1.57. The lowest BCUT2D eigenvalue weighted by Gasteiger charge is -2.22. The van der Waals surface area contributed by atoms with Crippen molar-refractivity contribution in [2.24, 2.45) is 0 Å². The molecule has 1 atom stereocenters. The summed E-state index contributed by atoms with van der Waals surface area (Å²) in [7, 11) is 0. The molecule has 1 fully saturated rings. The largest absolute Gasteiger partial charge is 0.324 e. The van der Waals surface area contributed by atoms with Crippen molar-refractivity contribution in [2.45, 2.75) is 26.8 Å². The highest BCUT2D eigenvalue weighted by molar-refractivity contribution is 7.99. The second kappa shape index (κ2) is 6.68. The van der Waals surface area contributed by atoms with E-state index in [4.69, 9.17) is 0 Å². The number of thioether (sulfide) groups is 1. The molecule has 0 unspecified atom stereocenters. The van der Waals surface area contributed by atoms with Gasteiger partial charge in [-0.2, -0.15) is 5.10 Å². The highest BCUT2D eigenvalue weighted by atomic mass is 32.2. The molecule has 1 aliphatic rings. The molecule has 126 valence electrons. The van der Waals surface area contributed by atoms with E-state index in [1.807, 2.05) is 39.0 Å². The number of carbonyl (C=O) groups is 2. The maximum atomic E-state index is 12.7. The van der Waals surface area contributed by atoms with E-state index in [9.17, 15) is 9.59 Å². The lowest BCUT2D eigenvalue weighted by Crippen LogP contribution is -2.44. The molecular formula is C17H20N4O2S. The molecule has 3 rings (SSSR count). The topological polar surface area (TPSA) is 78.1 Å². The molecule has 6 nitrogen and oxygen atoms in total. The van der Waals surface area contributed by atoms with Gasteiger partial charge in [0.15, 0.2) is 0 Å². The molecule has 0 spiro atoms. The molecule has 2 amide bonds. The van der Waals surface area contributed by atoms with E-state index in [0.717, 1.165) is 22.5 Å². The molecule has 1 aromatic heterocycles. The highest BCUT2D eigenvalue weighted by Crippen LogP contribution is 2.25. The minimum absolute atomic E-state index is 0.160. The number of amides is 2. The first-order valence-corrected chi connectivity index (χ1v) is 8.90. The summed E-state index contributed by atoms with van der Waals surface area (Å²) < 4.78 is 0. The van der Waals surface area contributed by atoms with Crippen molar-refractivity contribution in [1.82, 2.24) is 15.1 Å². The maximum Gasteiger partial charge on any atom is 0.275 e. The van der Waals surface area contributed by atoms with Crippen molar-refractivity contribution < 1.29 is 9.59 Å². The van der Waals surface area contributed by atoms with Crippen molar-refractivity contribution in [3.8, 4) is 0 Å². The number of anilines is 1. The van der Waals surface area contributed by atoms with Gasteiger partial charge >= 0.3 is 0 Å². The Morgan fingerprint density at radius 1 is 1.29 bits per heavy atom. The van der Waals surface area contributed by atoms with Crippen LogP contribution in [0.3, 0.4) is 0 Å². The molecule has 0 aliphatic carbocycles. The zero-order valence-corrected chi connectivity index (χ0v) is 14.7. The fourth-order valence-electron chi connectivity index (χ4n) is 2.70. The summed E-state index contributed by atoms with van der Waals surface area (Å²) in [4.78, 5) is 26.8. The van der Waals surface area contributed by atoms with Gasteiger partial charge in [-0.15, -0.1) is 11.8 Å². The summed E-state index contributed by atoms with van der Waals surface area (Å²) in [6.45, 7) is 5.81. The van der Waals surface area contributed by atoms with Crippen molar-refractivity contribution in [1.29, 1.82) is 0 Å². The minimum atomic E-state index is -0.486. The Kier molecular flexibility index (Phi) is 4.62. The number of rotatable bonds is 3. The third-order valence-corrected chi connectivity index (χ3v) is 5.02. The quantitative estimate of drug-likeness (QED) is 0.897. The van der Waals surface area contributed by atoms with Crippen LogP contribution in [0, 0.1) is 20.8 Å². The predicted molar refractivity (Wildman–Crippen MR) is 95.2 cm³/mol. The van der Waals surface area contributed by atoms with E-state index in [1.54, 1.807) is 22.7 Å². The molecular weight excluding hydrogens is 324 g/mol. The Hall–Kier alpha value is -2.28. The zero-order chi connectivity index (χ0) is 17.3. The van der Waals surface area contributed by atoms with Gasteiger partial charge in [-0.25, -0.2) is 0 Å². The Bertz CT molecular complexity index is 787. The SMILES string of the molecule is Cc1ccc(NC(=O)[C@H]2CSCN2C(=O)c2cc(C)[nH]n2)c(C)c1. The summed E-state index contributed by atoms with van der Waals surface area (Å²) in [5.41, 5.74) is 4.11. The van der Waals surface area contributed by atoms with Gasteiger partial charge in [0.05, 0.1) is 5.88 Å². The van der Waals surface area contributed by atoms with Gasteiger partial charge in [-0.05, 0) is 38.5 Å². The summed E-state index contributed by atoms with van der Waals surface area (Å²) in [5.74, 6) is 0.708. The molecule has 0 bridgehead atoms. The van der Waals surface area contributed by atoms with Gasteiger partial charge in [-0.1, -0.05) is 17.7 Å². The molecule has 2 aromatic rings. The Labute approximate surface area is 145 Å². The van der Waals surface area contributed by atoms with Crippen LogP contribution in [-0.4, -0.2) is 44.6 Å². The fraction of sp³-hybridized carbons (Fsp3) is 0.353. The molecule has 0 saturated carbocycles. The third-order valence-electron chi connectivity index (χ3n) is 4.01. The molecule has 1 aromatic carbocycles. The number of H-pyrrole nitrogens is 1. The normalized spacial score (nSPS) is 17.1. The van der Waals surface area contributed by atoms with E-state index >= 15 is 0 Å². The number of benzene rings is 1. The van der Waals surface area contributed by atoms with Crippen molar-refractivity contribution in [2.75, 3.05) is 16.9 Å². The van der Waals surface area contributed by atoms with Gasteiger partial charge in [0.2, 0.25) is 5.91 Å². The molecule has 0 radical (unpaired) electrons. The maximum absolute atomic E-state index is 12.7. The highest BCUT2D eigenvalue weighted by Gasteiger charge is 2.36. The van der Waals surface area contributed by atoms with Gasteiger partial charge in [0.1, 0.15) is 11.7 Å². The van der Waals surface area contributed by atoms with E-state index in [-0.39, 0.29) is 11.8 Å². The van der Waals surface area contributed by atoms with E-state index in [0.29, 0.717) is 17.3 Å². The monoisotopic (exact) mass is 344 g/mol. The Morgan fingerprint density at radius 2 is 2.08 bits per heavy atom. The predicted octanol–water partition coefficient (Wildman–Crippen LogP) is 2.49. The standard InChI is InChI=1S/C17H20N4O2S/c1-10-4-5-13(11(2)6-10)18-16(22)15-8-24-9-21(15)17(23)14-7-12(3)19-20-14/h4-7,15H,8-9H2,1-3H3,(H,18,22)(H,19,20)/t15-/m1/s1. The molecule has 1 saturated heterocycles. The van der Waals surface area contributed by atoms with Crippen molar-refractivity contribution in [3.63, 3.8) is 0 Å². The van der Waals surface area contributed by atoms with Crippen LogP contribution in [0.5, 0.6) is 0 Å². The zero-order valence-electron chi connectivity index (χ0n) is 13.9. The first-order chi connectivity index (χ1) is 11.5. The summed E-state index contributed by atoms with van der Waals surface area (Å²) in [5, 5.41) is 9.72. The minimum Gasteiger partial charge on any atom is -0.324 e. The second-order valence-corrected chi connectivity index (χ2v) is 7.03. The van der Waals surface area contributed by atoms with Gasteiger partial charge in [-0.3, -0.25) is 14.7 Å². The van der Waals surface area contributed by atoms with Crippen LogP contribution in [-0.2, 0) is 4.79 Å². The Morgan fingerprint density at radius 3 is 2.75 bits per heavy atom. The number of nitrogens with one attached hydrogen (secondary N) is 2. The first kappa shape index (κ1) is 16.6. The molecule has 24 heavy (non-hydrogen) atoms. The second-order valence-electron chi connectivity index (χ2n) is 6.03. The van der Waals surface area contributed by atoms with Gasteiger partial charge < -0.3 is 10.2 Å². The van der Waals surface area contributed by atoms with Crippen LogP contribution in [0.1, 0.15) is 27.3 Å². The van der Waals surface area contributed by atoms with Crippen LogP contribution >= 0.6 is 11.8 Å². The molecule has 1 aliphatic heterocycles. The van der Waals surface area contributed by atoms with Crippen molar-refractivity contribution >= 4 is 29.3 Å². The fourth-order valence-corrected chi connectivity index (χ4v) is 3.86. The summed E-state index contributed by atoms with van der Waals surface area (Å²) in [6.07, 6.45) is 0. The molecule has 2 heterocycles. The van der Waals surface area contributed by atoms with E-state index in [1.165, 1.54) is 0 Å². The van der Waals surface area contributed by atoms with Crippen LogP contribution in [0.2, 0.25) is 0 Å². The number of carbonyl (C=O) groups excluding carboxylic acids is 2.